The average molecular weight is 270 g/mol. The molecule has 0 radical (unpaired) electrons. The van der Waals surface area contributed by atoms with Crippen molar-refractivity contribution in [3.8, 4) is 0 Å². The molecule has 0 amide bonds. The summed E-state index contributed by atoms with van der Waals surface area (Å²) < 4.78 is 5.91. The van der Waals surface area contributed by atoms with Crippen LogP contribution in [0, 0.1) is 22.0 Å². The highest BCUT2D eigenvalue weighted by molar-refractivity contribution is 5.95. The lowest BCUT2D eigenvalue weighted by molar-refractivity contribution is -0.590. The fourth-order valence-electron chi connectivity index (χ4n) is 3.60. The smallest absolute Gasteiger partial charge is 0.358 e. The van der Waals surface area contributed by atoms with Crippen molar-refractivity contribution in [3.63, 3.8) is 0 Å². The molecule has 5 nitrogen and oxygen atoms in total. The Hall–Kier alpha value is -2.17. The summed E-state index contributed by atoms with van der Waals surface area (Å²) in [6.07, 6.45) is 5.31. The van der Waals surface area contributed by atoms with E-state index in [1.165, 1.54) is 0 Å². The van der Waals surface area contributed by atoms with Gasteiger partial charge in [0, 0.05) is 11.5 Å². The summed E-state index contributed by atoms with van der Waals surface area (Å²) in [7, 11) is 0. The Balaban J connectivity index is 1.83. The van der Waals surface area contributed by atoms with Crippen LogP contribution in [0.3, 0.4) is 0 Å². The molecule has 4 aliphatic rings. The molecule has 2 bridgehead atoms. The maximum atomic E-state index is 11.7. The lowest BCUT2D eigenvalue weighted by Crippen LogP contribution is -2.58. The minimum atomic E-state index is -1.32. The third-order valence-electron chi connectivity index (χ3n) is 4.59. The molecule has 1 fully saturated rings. The van der Waals surface area contributed by atoms with Crippen LogP contribution in [-0.2, 0) is 4.74 Å². The van der Waals surface area contributed by atoms with Gasteiger partial charge in [0.2, 0.25) is 5.90 Å². The number of ether oxygens (including phenoxy) is 1. The molecule has 102 valence electrons. The van der Waals surface area contributed by atoms with Crippen molar-refractivity contribution in [2.45, 2.75) is 24.6 Å². The second-order valence-electron chi connectivity index (χ2n) is 5.59. The second-order valence-corrected chi connectivity index (χ2v) is 5.59. The molecule has 4 atom stereocenters. The lowest BCUT2D eigenvalue weighted by atomic mass is 9.67. The van der Waals surface area contributed by atoms with Gasteiger partial charge in [-0.2, -0.15) is 4.99 Å². The van der Waals surface area contributed by atoms with E-state index < -0.39 is 11.8 Å². The predicted molar refractivity (Wildman–Crippen MR) is 72.9 cm³/mol. The highest BCUT2D eigenvalue weighted by Gasteiger charge is 2.67. The summed E-state index contributed by atoms with van der Waals surface area (Å²) in [6, 6.07) is 9.42. The number of hydrogen-bond donors (Lipinski definition) is 0. The van der Waals surface area contributed by atoms with Gasteiger partial charge in [-0.1, -0.05) is 30.4 Å². The number of nitrogens with zero attached hydrogens (tertiary/aromatic N) is 2. The molecular formula is C15H14N2O3. The Morgan fingerprint density at radius 3 is 2.65 bits per heavy atom. The maximum absolute atomic E-state index is 11.7. The van der Waals surface area contributed by atoms with Gasteiger partial charge in [-0.05, 0) is 25.0 Å². The third-order valence-corrected chi connectivity index (χ3v) is 4.59. The standard InChI is InChI=1S/C15H14N2O3/c18-17(19)15-12-8-6-10(7-9-12)13(15)20-14(16-15)11-4-2-1-3-5-11/h1-6,8,10,12-13H,7,9H2/t10-,12+,13+,15+/m1/s1. The minimum Gasteiger partial charge on any atom is -0.463 e. The van der Waals surface area contributed by atoms with E-state index in [2.05, 4.69) is 11.1 Å². The molecule has 1 aromatic carbocycles. The first-order valence-electron chi connectivity index (χ1n) is 6.86. The molecule has 0 unspecified atom stereocenters. The molecule has 0 aromatic heterocycles. The van der Waals surface area contributed by atoms with E-state index in [4.69, 9.17) is 4.74 Å². The molecule has 1 heterocycles. The van der Waals surface area contributed by atoms with Gasteiger partial charge in [0.15, 0.2) is 6.10 Å². The van der Waals surface area contributed by atoms with E-state index in [1.807, 2.05) is 36.4 Å². The van der Waals surface area contributed by atoms with Crippen LogP contribution in [0.1, 0.15) is 18.4 Å². The Morgan fingerprint density at radius 2 is 2.05 bits per heavy atom. The Kier molecular flexibility index (Phi) is 2.28. The summed E-state index contributed by atoms with van der Waals surface area (Å²) in [5.41, 5.74) is -0.509. The van der Waals surface area contributed by atoms with Gasteiger partial charge >= 0.3 is 5.66 Å². The highest BCUT2D eigenvalue weighted by atomic mass is 16.6. The lowest BCUT2D eigenvalue weighted by Gasteiger charge is -2.41. The van der Waals surface area contributed by atoms with Crippen molar-refractivity contribution in [2.75, 3.05) is 0 Å². The van der Waals surface area contributed by atoms with Crippen molar-refractivity contribution < 1.29 is 9.66 Å². The molecule has 0 N–H and O–H groups in total. The number of hydrogen-bond acceptors (Lipinski definition) is 4. The summed E-state index contributed by atoms with van der Waals surface area (Å²) in [5.74, 6) is 0.344. The van der Waals surface area contributed by atoms with Crippen LogP contribution in [-0.4, -0.2) is 22.6 Å². The molecule has 5 rings (SSSR count). The summed E-state index contributed by atoms with van der Waals surface area (Å²) in [6.45, 7) is 0. The van der Waals surface area contributed by atoms with Gasteiger partial charge in [-0.15, -0.1) is 0 Å². The van der Waals surface area contributed by atoms with Crippen LogP contribution in [0.2, 0.25) is 0 Å². The number of benzene rings is 1. The van der Waals surface area contributed by atoms with Crippen LogP contribution < -0.4 is 0 Å². The summed E-state index contributed by atoms with van der Waals surface area (Å²) >= 11 is 0. The zero-order valence-corrected chi connectivity index (χ0v) is 10.8. The van der Waals surface area contributed by atoms with Crippen LogP contribution in [0.25, 0.3) is 0 Å². The van der Waals surface area contributed by atoms with E-state index in [1.54, 1.807) is 0 Å². The van der Waals surface area contributed by atoms with E-state index >= 15 is 0 Å². The maximum Gasteiger partial charge on any atom is 0.358 e. The molecule has 1 aromatic rings. The number of fused-ring (bicyclic) bond motifs is 1. The summed E-state index contributed by atoms with van der Waals surface area (Å²) in [5, 5.41) is 11.7. The van der Waals surface area contributed by atoms with Gasteiger partial charge in [-0.3, -0.25) is 10.1 Å². The molecule has 1 saturated carbocycles. The van der Waals surface area contributed by atoms with Gasteiger partial charge in [0.05, 0.1) is 10.8 Å². The Bertz CT molecular complexity index is 625. The van der Waals surface area contributed by atoms with Gasteiger partial charge in [0.25, 0.3) is 0 Å². The molecule has 20 heavy (non-hydrogen) atoms. The van der Waals surface area contributed by atoms with Crippen molar-refractivity contribution >= 4 is 5.90 Å². The van der Waals surface area contributed by atoms with Crippen LogP contribution in [0.15, 0.2) is 47.5 Å². The fraction of sp³-hybridized carbons (Fsp3) is 0.400. The zero-order valence-electron chi connectivity index (χ0n) is 10.8. The Labute approximate surface area is 116 Å². The first kappa shape index (κ1) is 11.6. The van der Waals surface area contributed by atoms with Crippen LogP contribution in [0.4, 0.5) is 0 Å². The molecule has 5 heteroatoms. The third kappa shape index (κ3) is 1.35. The van der Waals surface area contributed by atoms with E-state index in [0.29, 0.717) is 5.90 Å². The number of nitro groups is 1. The second kappa shape index (κ2) is 3.91. The number of aliphatic imine (C=N–C) groups is 1. The number of rotatable bonds is 2. The van der Waals surface area contributed by atoms with Crippen molar-refractivity contribution in [2.24, 2.45) is 16.8 Å². The Morgan fingerprint density at radius 1 is 1.25 bits per heavy atom. The van der Waals surface area contributed by atoms with Gasteiger partial charge in [0.1, 0.15) is 0 Å². The normalized spacial score (nSPS) is 37.2. The summed E-state index contributed by atoms with van der Waals surface area (Å²) in [4.78, 5) is 15.9. The van der Waals surface area contributed by atoms with E-state index in [0.717, 1.165) is 18.4 Å². The van der Waals surface area contributed by atoms with Crippen LogP contribution >= 0.6 is 0 Å². The SMILES string of the molecule is O=[N+]([O-])[C@]12N=C(c3ccccc3)O[C@H]1[C@@H]1C=C[C@H]2CC1. The fourth-order valence-corrected chi connectivity index (χ4v) is 3.60. The molecule has 1 aliphatic heterocycles. The van der Waals surface area contributed by atoms with E-state index in [-0.39, 0.29) is 16.8 Å². The van der Waals surface area contributed by atoms with Crippen LogP contribution in [0.5, 0.6) is 0 Å². The zero-order chi connectivity index (χ0) is 13.7. The van der Waals surface area contributed by atoms with Crippen molar-refractivity contribution in [1.29, 1.82) is 0 Å². The van der Waals surface area contributed by atoms with Gasteiger partial charge < -0.3 is 4.74 Å². The predicted octanol–water partition coefficient (Wildman–Crippen LogP) is 2.40. The van der Waals surface area contributed by atoms with Crippen molar-refractivity contribution in [1.82, 2.24) is 0 Å². The van der Waals surface area contributed by atoms with E-state index in [9.17, 15) is 10.1 Å². The minimum absolute atomic E-state index is 0.0929. The average Bonchev–Trinajstić information content (AvgIpc) is 2.93. The highest BCUT2D eigenvalue weighted by Crippen LogP contribution is 2.50. The largest absolute Gasteiger partial charge is 0.463 e. The van der Waals surface area contributed by atoms with Crippen molar-refractivity contribution in [3.05, 3.63) is 58.2 Å². The molecule has 3 aliphatic carbocycles. The topological polar surface area (TPSA) is 64.7 Å². The first-order chi connectivity index (χ1) is 9.72. The quantitative estimate of drug-likeness (QED) is 0.471. The monoisotopic (exact) mass is 270 g/mol. The molecule has 0 saturated heterocycles. The van der Waals surface area contributed by atoms with Gasteiger partial charge in [-0.25, -0.2) is 0 Å². The first-order valence-corrected chi connectivity index (χ1v) is 6.86. The molecular weight excluding hydrogens is 256 g/mol. The molecule has 0 spiro atoms.